The summed E-state index contributed by atoms with van der Waals surface area (Å²) in [4.78, 5) is 7.11. The summed E-state index contributed by atoms with van der Waals surface area (Å²) < 4.78 is 5.23. The van der Waals surface area contributed by atoms with Crippen molar-refractivity contribution < 1.29 is 4.74 Å². The molecule has 3 nitrogen and oxygen atoms in total. The van der Waals surface area contributed by atoms with Crippen LogP contribution in [0.4, 0.5) is 0 Å². The van der Waals surface area contributed by atoms with E-state index in [-0.39, 0.29) is 0 Å². The molecule has 1 N–H and O–H groups in total. The van der Waals surface area contributed by atoms with Crippen molar-refractivity contribution in [2.45, 2.75) is 0 Å². The van der Waals surface area contributed by atoms with Gasteiger partial charge in [0.15, 0.2) is 0 Å². The molecule has 1 heterocycles. The maximum absolute atomic E-state index is 5.23. The topological polar surface area (TPSA) is 37.9 Å². The number of nitrogens with zero attached hydrogens (tertiary/aromatic N) is 1. The third-order valence-corrected chi connectivity index (χ3v) is 2.08. The second-order valence-corrected chi connectivity index (χ2v) is 3.05. The molecule has 2 aromatic rings. The first-order chi connectivity index (χ1) is 7.40. The highest BCUT2D eigenvalue weighted by molar-refractivity contribution is 5.70. The molecule has 0 aliphatic rings. The zero-order valence-corrected chi connectivity index (χ0v) is 8.47. The second-order valence-electron chi connectivity index (χ2n) is 3.05. The minimum atomic E-state index is 0.834. The number of imidazole rings is 1. The van der Waals surface area contributed by atoms with Gasteiger partial charge in [0.05, 0.1) is 7.11 Å². The van der Waals surface area contributed by atoms with E-state index in [1.807, 2.05) is 36.4 Å². The van der Waals surface area contributed by atoms with Gasteiger partial charge in [-0.1, -0.05) is 18.2 Å². The largest absolute Gasteiger partial charge is 0.496 e. The van der Waals surface area contributed by atoms with Crippen molar-refractivity contribution in [3.8, 4) is 5.75 Å². The van der Waals surface area contributed by atoms with Crippen LogP contribution in [-0.2, 0) is 0 Å². The van der Waals surface area contributed by atoms with Crippen molar-refractivity contribution in [3.63, 3.8) is 0 Å². The predicted octanol–water partition coefficient (Wildman–Crippen LogP) is 2.59. The lowest BCUT2D eigenvalue weighted by molar-refractivity contribution is 0.414. The number of rotatable bonds is 3. The van der Waals surface area contributed by atoms with E-state index in [2.05, 4.69) is 9.97 Å². The predicted molar refractivity (Wildman–Crippen MR) is 60.5 cm³/mol. The van der Waals surface area contributed by atoms with E-state index in [4.69, 9.17) is 4.74 Å². The van der Waals surface area contributed by atoms with Crippen molar-refractivity contribution in [1.82, 2.24) is 9.97 Å². The zero-order chi connectivity index (χ0) is 10.5. The number of ether oxygens (including phenoxy) is 1. The molecule has 0 bridgehead atoms. The minimum absolute atomic E-state index is 0.834. The lowest BCUT2D eigenvalue weighted by Gasteiger charge is -2.02. The number of nitrogens with one attached hydrogen (secondary N) is 1. The van der Waals surface area contributed by atoms with Crippen LogP contribution < -0.4 is 4.74 Å². The number of aromatic nitrogens is 2. The van der Waals surface area contributed by atoms with Crippen molar-refractivity contribution in [2.24, 2.45) is 0 Å². The molecule has 0 radical (unpaired) electrons. The summed E-state index contributed by atoms with van der Waals surface area (Å²) in [6, 6.07) is 7.85. The number of para-hydroxylation sites is 1. The van der Waals surface area contributed by atoms with E-state index < -0.39 is 0 Å². The monoisotopic (exact) mass is 200 g/mol. The standard InChI is InChI=1S/C12H12N2O/c1-15-11-5-3-2-4-10(11)6-7-12-13-8-9-14-12/h2-9H,1H3,(H,13,14)/b7-6+. The Kier molecular flexibility index (Phi) is 2.83. The molecular formula is C12H12N2O. The number of benzene rings is 1. The summed E-state index contributed by atoms with van der Waals surface area (Å²) in [5.74, 6) is 1.70. The molecule has 0 saturated carbocycles. The van der Waals surface area contributed by atoms with Crippen LogP contribution in [0.1, 0.15) is 11.4 Å². The maximum Gasteiger partial charge on any atom is 0.129 e. The Bertz CT molecular complexity index is 446. The molecule has 2 rings (SSSR count). The summed E-state index contributed by atoms with van der Waals surface area (Å²) in [5, 5.41) is 0. The molecule has 0 aliphatic heterocycles. The van der Waals surface area contributed by atoms with Crippen LogP contribution in [-0.4, -0.2) is 17.1 Å². The van der Waals surface area contributed by atoms with Crippen LogP contribution in [0.5, 0.6) is 5.75 Å². The van der Waals surface area contributed by atoms with E-state index >= 15 is 0 Å². The van der Waals surface area contributed by atoms with E-state index in [0.29, 0.717) is 0 Å². The Balaban J connectivity index is 2.24. The first-order valence-electron chi connectivity index (χ1n) is 4.70. The molecule has 0 amide bonds. The fourth-order valence-electron chi connectivity index (χ4n) is 1.34. The van der Waals surface area contributed by atoms with Crippen LogP contribution in [0, 0.1) is 0 Å². The Morgan fingerprint density at radius 1 is 1.27 bits per heavy atom. The first kappa shape index (κ1) is 9.52. The molecule has 0 atom stereocenters. The van der Waals surface area contributed by atoms with Gasteiger partial charge in [0, 0.05) is 18.0 Å². The van der Waals surface area contributed by atoms with Gasteiger partial charge in [-0.25, -0.2) is 4.98 Å². The number of hydrogen-bond acceptors (Lipinski definition) is 2. The van der Waals surface area contributed by atoms with E-state index in [1.165, 1.54) is 0 Å². The lowest BCUT2D eigenvalue weighted by Crippen LogP contribution is -1.85. The van der Waals surface area contributed by atoms with Gasteiger partial charge in [-0.3, -0.25) is 0 Å². The average Bonchev–Trinajstić information content (AvgIpc) is 2.79. The van der Waals surface area contributed by atoms with Crippen molar-refractivity contribution >= 4 is 12.2 Å². The molecule has 76 valence electrons. The molecule has 15 heavy (non-hydrogen) atoms. The summed E-state index contributed by atoms with van der Waals surface area (Å²) in [5.41, 5.74) is 1.04. The second kappa shape index (κ2) is 4.46. The number of aromatic amines is 1. The third-order valence-electron chi connectivity index (χ3n) is 2.08. The van der Waals surface area contributed by atoms with Crippen LogP contribution in [0.3, 0.4) is 0 Å². The Morgan fingerprint density at radius 2 is 2.13 bits per heavy atom. The van der Waals surface area contributed by atoms with Gasteiger partial charge < -0.3 is 9.72 Å². The maximum atomic E-state index is 5.23. The summed E-state index contributed by atoms with van der Waals surface area (Å²) in [6.07, 6.45) is 7.40. The Hall–Kier alpha value is -2.03. The fraction of sp³-hybridized carbons (Fsp3) is 0.0833. The molecular weight excluding hydrogens is 188 g/mol. The van der Waals surface area contributed by atoms with Gasteiger partial charge in [-0.2, -0.15) is 0 Å². The molecule has 0 saturated heterocycles. The molecule has 1 aromatic heterocycles. The van der Waals surface area contributed by atoms with Crippen molar-refractivity contribution in [3.05, 3.63) is 48.0 Å². The SMILES string of the molecule is COc1ccccc1/C=C/c1ncc[nH]1. The van der Waals surface area contributed by atoms with E-state index in [9.17, 15) is 0 Å². The number of H-pyrrole nitrogens is 1. The summed E-state index contributed by atoms with van der Waals surface area (Å²) in [6.45, 7) is 0. The summed E-state index contributed by atoms with van der Waals surface area (Å²) >= 11 is 0. The average molecular weight is 200 g/mol. The van der Waals surface area contributed by atoms with Gasteiger partial charge >= 0.3 is 0 Å². The van der Waals surface area contributed by atoms with Gasteiger partial charge in [0.2, 0.25) is 0 Å². The first-order valence-corrected chi connectivity index (χ1v) is 4.70. The molecule has 0 aliphatic carbocycles. The van der Waals surface area contributed by atoms with Crippen LogP contribution >= 0.6 is 0 Å². The number of hydrogen-bond donors (Lipinski definition) is 1. The van der Waals surface area contributed by atoms with Gasteiger partial charge in [0.25, 0.3) is 0 Å². The summed E-state index contributed by atoms with van der Waals surface area (Å²) in [7, 11) is 1.67. The molecule has 0 fully saturated rings. The number of methoxy groups -OCH3 is 1. The van der Waals surface area contributed by atoms with Crippen LogP contribution in [0.15, 0.2) is 36.7 Å². The molecule has 1 aromatic carbocycles. The van der Waals surface area contributed by atoms with Crippen LogP contribution in [0.2, 0.25) is 0 Å². The van der Waals surface area contributed by atoms with Gasteiger partial charge in [-0.05, 0) is 18.2 Å². The van der Waals surface area contributed by atoms with E-state index in [0.717, 1.165) is 17.1 Å². The third kappa shape index (κ3) is 2.26. The highest BCUT2D eigenvalue weighted by atomic mass is 16.5. The molecule has 0 unspecified atom stereocenters. The molecule has 3 heteroatoms. The van der Waals surface area contributed by atoms with Crippen LogP contribution in [0.25, 0.3) is 12.2 Å². The Labute approximate surface area is 88.4 Å². The normalized spacial score (nSPS) is 10.7. The lowest BCUT2D eigenvalue weighted by atomic mass is 10.2. The van der Waals surface area contributed by atoms with Gasteiger partial charge in [-0.15, -0.1) is 0 Å². The smallest absolute Gasteiger partial charge is 0.129 e. The molecule has 0 spiro atoms. The van der Waals surface area contributed by atoms with Gasteiger partial charge in [0.1, 0.15) is 11.6 Å². The minimum Gasteiger partial charge on any atom is -0.496 e. The fourth-order valence-corrected chi connectivity index (χ4v) is 1.34. The highest BCUT2D eigenvalue weighted by Gasteiger charge is 1.96. The van der Waals surface area contributed by atoms with E-state index in [1.54, 1.807) is 19.5 Å². The zero-order valence-electron chi connectivity index (χ0n) is 8.47. The quantitative estimate of drug-likeness (QED) is 0.826. The highest BCUT2D eigenvalue weighted by Crippen LogP contribution is 2.19. The van der Waals surface area contributed by atoms with Crippen molar-refractivity contribution in [1.29, 1.82) is 0 Å². The Morgan fingerprint density at radius 3 is 2.87 bits per heavy atom. The van der Waals surface area contributed by atoms with Crippen molar-refractivity contribution in [2.75, 3.05) is 7.11 Å².